The topological polar surface area (TPSA) is 79.3 Å². The minimum atomic E-state index is -1.05. The van der Waals surface area contributed by atoms with Crippen LogP contribution in [0.2, 0.25) is 0 Å². The number of benzene rings is 1. The molecular formula is C32H37BrN2O5S. The van der Waals surface area contributed by atoms with Gasteiger partial charge in [-0.15, -0.1) is 17.9 Å². The molecule has 1 N–H and O–H groups in total. The van der Waals surface area contributed by atoms with Crippen LogP contribution in [0.15, 0.2) is 46.8 Å². The van der Waals surface area contributed by atoms with Crippen LogP contribution < -0.4 is 9.47 Å². The third kappa shape index (κ3) is 4.51. The lowest BCUT2D eigenvalue weighted by atomic mass is 9.48. The second kappa shape index (κ2) is 10.7. The third-order valence-electron chi connectivity index (χ3n) is 9.37. The molecule has 4 aliphatic rings. The number of halogens is 1. The van der Waals surface area contributed by atoms with Crippen LogP contribution in [0.4, 0.5) is 0 Å². The highest BCUT2D eigenvalue weighted by Crippen LogP contribution is 2.66. The lowest BCUT2D eigenvalue weighted by molar-refractivity contribution is -0.199. The molecule has 1 amide bonds. The highest BCUT2D eigenvalue weighted by atomic mass is 79.9. The van der Waals surface area contributed by atoms with E-state index in [0.29, 0.717) is 50.3 Å². The minimum Gasteiger partial charge on any atom is -0.483 e. The fourth-order valence-electron chi connectivity index (χ4n) is 7.98. The fraction of sp³-hybridized carbons (Fsp3) is 0.500. The van der Waals surface area contributed by atoms with E-state index in [1.165, 1.54) is 6.92 Å². The molecule has 2 aliphatic carbocycles. The van der Waals surface area contributed by atoms with Crippen LogP contribution in [0.5, 0.6) is 11.5 Å². The number of nitrogens with zero attached hydrogens (tertiary/aromatic N) is 2. The molecule has 1 aromatic carbocycles. The van der Waals surface area contributed by atoms with Gasteiger partial charge in [-0.3, -0.25) is 14.5 Å². The standard InChI is InChI=1S/C32H37BrN2O5S/c1-5-13-34-14-12-31-28-21-6-8-25(39-20(4)36)29(28)40-30(31)24(10-11-32(31,38)26(34)15-21)35(17-19(2)3)27(37)9-7-23-16-22(33)18-41-23/h5-9,16,18-19,24,26,30,38H,1,10-15,17H2,2-4H3/b9-7+/t24-,26-,30+,31+,32-/m1/s1. The van der Waals surface area contributed by atoms with E-state index in [-0.39, 0.29) is 23.9 Å². The zero-order valence-electron chi connectivity index (χ0n) is 23.8. The number of carbonyl (C=O) groups excluding carboxylic acids is 2. The van der Waals surface area contributed by atoms with Gasteiger partial charge in [0.1, 0.15) is 6.10 Å². The maximum atomic E-state index is 13.9. The molecule has 0 radical (unpaired) electrons. The lowest BCUT2D eigenvalue weighted by Crippen LogP contribution is -2.78. The molecule has 1 saturated carbocycles. The van der Waals surface area contributed by atoms with Gasteiger partial charge in [-0.05, 0) is 77.8 Å². The van der Waals surface area contributed by atoms with Crippen LogP contribution in [-0.4, -0.2) is 70.2 Å². The average Bonchev–Trinajstić information content (AvgIpc) is 3.49. The third-order valence-corrected chi connectivity index (χ3v) is 11.0. The van der Waals surface area contributed by atoms with Crippen LogP contribution in [0.25, 0.3) is 6.08 Å². The number of likely N-dealkylation sites (tertiary alicyclic amines) is 1. The van der Waals surface area contributed by atoms with E-state index in [1.807, 2.05) is 40.6 Å². The second-order valence-electron chi connectivity index (χ2n) is 12.2. The highest BCUT2D eigenvalue weighted by Gasteiger charge is 2.73. The molecule has 2 fully saturated rings. The number of ether oxygens (including phenoxy) is 2. The average molecular weight is 642 g/mol. The Labute approximate surface area is 253 Å². The van der Waals surface area contributed by atoms with Crippen LogP contribution >= 0.6 is 27.3 Å². The van der Waals surface area contributed by atoms with Crippen LogP contribution in [0, 0.1) is 5.92 Å². The fourth-order valence-corrected chi connectivity index (χ4v) is 9.32. The predicted molar refractivity (Wildman–Crippen MR) is 163 cm³/mol. The Balaban J connectivity index is 1.45. The number of rotatable bonds is 8. The van der Waals surface area contributed by atoms with E-state index in [0.717, 1.165) is 27.0 Å². The first-order chi connectivity index (χ1) is 19.6. The molecule has 0 unspecified atom stereocenters. The normalized spacial score (nSPS) is 29.8. The summed E-state index contributed by atoms with van der Waals surface area (Å²) in [6, 6.07) is 5.49. The van der Waals surface area contributed by atoms with Crippen molar-refractivity contribution in [2.75, 3.05) is 19.6 Å². The van der Waals surface area contributed by atoms with E-state index in [2.05, 4.69) is 41.3 Å². The Bertz CT molecular complexity index is 1420. The van der Waals surface area contributed by atoms with Gasteiger partial charge in [0.15, 0.2) is 11.5 Å². The van der Waals surface area contributed by atoms with Gasteiger partial charge in [-0.1, -0.05) is 26.0 Å². The number of hydrogen-bond donors (Lipinski definition) is 1. The Morgan fingerprint density at radius 3 is 2.85 bits per heavy atom. The first-order valence-corrected chi connectivity index (χ1v) is 16.1. The Morgan fingerprint density at radius 2 is 2.17 bits per heavy atom. The summed E-state index contributed by atoms with van der Waals surface area (Å²) in [4.78, 5) is 31.3. The SMILES string of the molecule is C=CCN1CC[C@]23c4c5ccc(OC(C)=O)c4O[C@H]2[C@H](N(CC(C)C)C(=O)/C=C/c2cc(Br)cs2)CC[C@@]3(O)[C@H]1C5. The molecule has 218 valence electrons. The van der Waals surface area contributed by atoms with E-state index >= 15 is 0 Å². The zero-order valence-corrected chi connectivity index (χ0v) is 26.2. The van der Waals surface area contributed by atoms with Gasteiger partial charge >= 0.3 is 5.97 Å². The number of piperidine rings is 1. The summed E-state index contributed by atoms with van der Waals surface area (Å²) in [5, 5.41) is 14.8. The monoisotopic (exact) mass is 640 g/mol. The summed E-state index contributed by atoms with van der Waals surface area (Å²) in [5.41, 5.74) is 0.329. The summed E-state index contributed by atoms with van der Waals surface area (Å²) in [6.45, 7) is 11.6. The van der Waals surface area contributed by atoms with E-state index in [9.17, 15) is 14.7 Å². The van der Waals surface area contributed by atoms with Crippen molar-refractivity contribution in [2.24, 2.45) is 5.92 Å². The van der Waals surface area contributed by atoms with Gasteiger partial charge in [0, 0.05) is 52.4 Å². The molecule has 2 aromatic rings. The van der Waals surface area contributed by atoms with Crippen molar-refractivity contribution in [1.29, 1.82) is 0 Å². The van der Waals surface area contributed by atoms with E-state index in [4.69, 9.17) is 9.47 Å². The molecule has 41 heavy (non-hydrogen) atoms. The lowest BCUT2D eigenvalue weighted by Gasteiger charge is -2.64. The van der Waals surface area contributed by atoms with Gasteiger partial charge in [-0.25, -0.2) is 0 Å². The van der Waals surface area contributed by atoms with Gasteiger partial charge in [0.2, 0.25) is 5.91 Å². The van der Waals surface area contributed by atoms with Crippen molar-refractivity contribution < 1.29 is 24.2 Å². The van der Waals surface area contributed by atoms with Crippen molar-refractivity contribution in [2.45, 2.75) is 75.7 Å². The van der Waals surface area contributed by atoms with Gasteiger partial charge in [0.25, 0.3) is 0 Å². The van der Waals surface area contributed by atoms with Crippen molar-refractivity contribution >= 4 is 45.2 Å². The zero-order chi connectivity index (χ0) is 29.1. The maximum Gasteiger partial charge on any atom is 0.308 e. The molecular weight excluding hydrogens is 604 g/mol. The van der Waals surface area contributed by atoms with Gasteiger partial charge in [-0.2, -0.15) is 0 Å². The molecule has 9 heteroatoms. The molecule has 1 aromatic heterocycles. The van der Waals surface area contributed by atoms with E-state index < -0.39 is 23.1 Å². The van der Waals surface area contributed by atoms with Crippen molar-refractivity contribution in [3.8, 4) is 11.5 Å². The van der Waals surface area contributed by atoms with Crippen molar-refractivity contribution in [3.05, 3.63) is 62.8 Å². The molecule has 7 nitrogen and oxygen atoms in total. The first-order valence-electron chi connectivity index (χ1n) is 14.4. The number of hydrogen-bond acceptors (Lipinski definition) is 7. The Hall–Kier alpha value is -2.46. The summed E-state index contributed by atoms with van der Waals surface area (Å²) >= 11 is 5.06. The predicted octanol–water partition coefficient (Wildman–Crippen LogP) is 5.34. The molecule has 2 aliphatic heterocycles. The number of amides is 1. The van der Waals surface area contributed by atoms with Crippen molar-refractivity contribution in [3.63, 3.8) is 0 Å². The molecule has 5 atom stereocenters. The summed E-state index contributed by atoms with van der Waals surface area (Å²) < 4.78 is 13.5. The van der Waals surface area contributed by atoms with Gasteiger partial charge < -0.3 is 19.5 Å². The second-order valence-corrected chi connectivity index (χ2v) is 14.1. The quantitative estimate of drug-likeness (QED) is 0.182. The Kier molecular flexibility index (Phi) is 7.46. The molecule has 3 heterocycles. The smallest absolute Gasteiger partial charge is 0.308 e. The minimum absolute atomic E-state index is 0.0634. The number of carbonyl (C=O) groups is 2. The largest absolute Gasteiger partial charge is 0.483 e. The first kappa shape index (κ1) is 28.6. The molecule has 1 saturated heterocycles. The van der Waals surface area contributed by atoms with Crippen molar-refractivity contribution in [1.82, 2.24) is 9.80 Å². The van der Waals surface area contributed by atoms with Gasteiger partial charge in [0.05, 0.1) is 17.1 Å². The number of aliphatic hydroxyl groups is 1. The summed E-state index contributed by atoms with van der Waals surface area (Å²) in [7, 11) is 0. The summed E-state index contributed by atoms with van der Waals surface area (Å²) in [5.74, 6) is 0.704. The van der Waals surface area contributed by atoms with Crippen LogP contribution in [0.3, 0.4) is 0 Å². The molecule has 6 rings (SSSR count). The van der Waals surface area contributed by atoms with E-state index in [1.54, 1.807) is 17.4 Å². The number of thiophene rings is 1. The maximum absolute atomic E-state index is 13.9. The summed E-state index contributed by atoms with van der Waals surface area (Å²) in [6.07, 6.45) is 7.50. The molecule has 1 spiro atoms. The Morgan fingerprint density at radius 1 is 1.37 bits per heavy atom. The highest BCUT2D eigenvalue weighted by molar-refractivity contribution is 9.10. The molecule has 2 bridgehead atoms. The number of esters is 1. The van der Waals surface area contributed by atoms with Crippen LogP contribution in [0.1, 0.15) is 56.0 Å². The van der Waals surface area contributed by atoms with Crippen LogP contribution in [-0.2, 0) is 21.4 Å².